The number of pyridine rings is 1. The molecule has 0 radical (unpaired) electrons. The first-order chi connectivity index (χ1) is 9.69. The van der Waals surface area contributed by atoms with Crippen LogP contribution in [0.25, 0.3) is 0 Å². The fraction of sp³-hybridized carbons (Fsp3) is 0.706. The summed E-state index contributed by atoms with van der Waals surface area (Å²) in [5.41, 5.74) is 6.44. The summed E-state index contributed by atoms with van der Waals surface area (Å²) in [4.78, 5) is 4.39. The van der Waals surface area contributed by atoms with Crippen LogP contribution in [0.2, 0.25) is 0 Å². The van der Waals surface area contributed by atoms with Crippen molar-refractivity contribution >= 4 is 11.5 Å². The summed E-state index contributed by atoms with van der Waals surface area (Å²) < 4.78 is 0. The number of hydrogen-bond donors (Lipinski definition) is 2. The van der Waals surface area contributed by atoms with Gasteiger partial charge in [-0.2, -0.15) is 0 Å². The topological polar surface area (TPSA) is 50.9 Å². The molecule has 0 aromatic carbocycles. The molecule has 0 spiro atoms. The number of nitrogens with one attached hydrogen (secondary N) is 1. The molecule has 4 bridgehead atoms. The number of nitrogen functional groups attached to an aromatic ring is 1. The van der Waals surface area contributed by atoms with Crippen LogP contribution in [0.3, 0.4) is 0 Å². The van der Waals surface area contributed by atoms with Gasteiger partial charge in [-0.25, -0.2) is 4.98 Å². The van der Waals surface area contributed by atoms with Crippen molar-refractivity contribution in [1.82, 2.24) is 4.98 Å². The summed E-state index contributed by atoms with van der Waals surface area (Å²) in [6.07, 6.45) is 9.21. The van der Waals surface area contributed by atoms with Gasteiger partial charge in [0.2, 0.25) is 0 Å². The quantitative estimate of drug-likeness (QED) is 0.884. The fourth-order valence-corrected chi connectivity index (χ4v) is 5.60. The molecule has 1 aromatic heterocycles. The van der Waals surface area contributed by atoms with Crippen molar-refractivity contribution in [2.24, 2.45) is 29.6 Å². The van der Waals surface area contributed by atoms with Gasteiger partial charge in [0.15, 0.2) is 0 Å². The Morgan fingerprint density at radius 1 is 1.10 bits per heavy atom. The molecule has 1 aromatic rings. The highest BCUT2D eigenvalue weighted by molar-refractivity contribution is 5.44. The average molecular weight is 271 g/mol. The normalized spacial score (nSPS) is 39.8. The first-order valence-electron chi connectivity index (χ1n) is 8.17. The minimum atomic E-state index is 0.529. The van der Waals surface area contributed by atoms with Crippen LogP contribution in [-0.4, -0.2) is 11.0 Å². The Morgan fingerprint density at radius 3 is 2.30 bits per heavy atom. The van der Waals surface area contributed by atoms with Crippen LogP contribution in [0, 0.1) is 29.6 Å². The lowest BCUT2D eigenvalue weighted by Crippen LogP contribution is -2.50. The van der Waals surface area contributed by atoms with Gasteiger partial charge in [0.05, 0.1) is 11.9 Å². The summed E-state index contributed by atoms with van der Waals surface area (Å²) in [5, 5.41) is 3.63. The molecule has 3 nitrogen and oxygen atoms in total. The third kappa shape index (κ3) is 2.07. The minimum absolute atomic E-state index is 0.529. The summed E-state index contributed by atoms with van der Waals surface area (Å²) >= 11 is 0. The van der Waals surface area contributed by atoms with E-state index in [0.29, 0.717) is 6.04 Å². The van der Waals surface area contributed by atoms with Gasteiger partial charge < -0.3 is 11.1 Å². The van der Waals surface area contributed by atoms with Crippen LogP contribution in [0.1, 0.15) is 39.0 Å². The van der Waals surface area contributed by atoms with E-state index in [9.17, 15) is 0 Å². The second kappa shape index (κ2) is 4.64. The summed E-state index contributed by atoms with van der Waals surface area (Å²) in [7, 11) is 0. The van der Waals surface area contributed by atoms with Crippen LogP contribution < -0.4 is 11.1 Å². The minimum Gasteiger partial charge on any atom is -0.397 e. The van der Waals surface area contributed by atoms with Crippen LogP contribution >= 0.6 is 0 Å². The van der Waals surface area contributed by atoms with Crippen molar-refractivity contribution < 1.29 is 0 Å². The molecule has 0 saturated heterocycles. The number of nitrogens with two attached hydrogens (primary N) is 1. The molecule has 1 unspecified atom stereocenters. The van der Waals surface area contributed by atoms with Gasteiger partial charge in [-0.1, -0.05) is 0 Å². The Kier molecular flexibility index (Phi) is 2.90. The van der Waals surface area contributed by atoms with E-state index in [4.69, 9.17) is 5.73 Å². The number of rotatable bonds is 3. The second-order valence-corrected chi connectivity index (χ2v) is 7.42. The fourth-order valence-electron chi connectivity index (χ4n) is 5.60. The number of nitrogens with zero attached hydrogens (tertiary/aromatic N) is 1. The highest BCUT2D eigenvalue weighted by Crippen LogP contribution is 2.57. The first-order valence-corrected chi connectivity index (χ1v) is 8.17. The van der Waals surface area contributed by atoms with Crippen LogP contribution in [0.4, 0.5) is 11.5 Å². The van der Waals surface area contributed by atoms with Gasteiger partial charge in [0.1, 0.15) is 5.82 Å². The highest BCUT2D eigenvalue weighted by Gasteiger charge is 2.49. The lowest BCUT2D eigenvalue weighted by molar-refractivity contribution is -0.0417. The number of hydrogen-bond acceptors (Lipinski definition) is 3. The number of anilines is 2. The molecule has 0 aliphatic heterocycles. The van der Waals surface area contributed by atoms with E-state index in [1.807, 2.05) is 12.1 Å². The molecule has 0 amide bonds. The maximum absolute atomic E-state index is 5.70. The summed E-state index contributed by atoms with van der Waals surface area (Å²) in [6, 6.07) is 4.46. The molecule has 1 heterocycles. The van der Waals surface area contributed by atoms with Gasteiger partial charge in [-0.15, -0.1) is 0 Å². The molecular formula is C17H25N3. The third-order valence-corrected chi connectivity index (χ3v) is 6.04. The third-order valence-electron chi connectivity index (χ3n) is 6.04. The molecular weight excluding hydrogens is 246 g/mol. The standard InChI is InChI=1S/C17H25N3/c1-10(20-16-3-2-15(18)9-19-16)17-13-5-11-4-12(7-13)8-14(17)6-11/h2-3,9-14,17H,4-8,18H2,1H3,(H,19,20). The van der Waals surface area contributed by atoms with Gasteiger partial charge in [-0.3, -0.25) is 0 Å². The Bertz CT molecular complexity index is 454. The van der Waals surface area contributed by atoms with E-state index in [2.05, 4.69) is 17.2 Å². The predicted molar refractivity (Wildman–Crippen MR) is 82.3 cm³/mol. The van der Waals surface area contributed by atoms with Crippen molar-refractivity contribution in [3.63, 3.8) is 0 Å². The Hall–Kier alpha value is -1.25. The Labute approximate surface area is 121 Å². The van der Waals surface area contributed by atoms with Gasteiger partial charge in [-0.05, 0) is 80.8 Å². The van der Waals surface area contributed by atoms with Crippen LogP contribution in [0.5, 0.6) is 0 Å². The van der Waals surface area contributed by atoms with E-state index in [-0.39, 0.29) is 0 Å². The van der Waals surface area contributed by atoms with Crippen molar-refractivity contribution in [3.8, 4) is 0 Å². The van der Waals surface area contributed by atoms with E-state index < -0.39 is 0 Å². The molecule has 20 heavy (non-hydrogen) atoms. The maximum Gasteiger partial charge on any atom is 0.126 e. The monoisotopic (exact) mass is 271 g/mol. The number of aromatic nitrogens is 1. The lowest BCUT2D eigenvalue weighted by Gasteiger charge is -2.56. The second-order valence-electron chi connectivity index (χ2n) is 7.42. The van der Waals surface area contributed by atoms with Gasteiger partial charge in [0, 0.05) is 6.04 Å². The van der Waals surface area contributed by atoms with E-state index in [1.54, 1.807) is 6.20 Å². The zero-order chi connectivity index (χ0) is 13.7. The van der Waals surface area contributed by atoms with Crippen LogP contribution in [0.15, 0.2) is 18.3 Å². The Balaban J connectivity index is 1.48. The summed E-state index contributed by atoms with van der Waals surface area (Å²) in [5.74, 6) is 5.85. The zero-order valence-corrected chi connectivity index (χ0v) is 12.3. The van der Waals surface area contributed by atoms with Crippen LogP contribution in [-0.2, 0) is 0 Å². The lowest BCUT2D eigenvalue weighted by atomic mass is 9.50. The van der Waals surface area contributed by atoms with Gasteiger partial charge in [0.25, 0.3) is 0 Å². The van der Waals surface area contributed by atoms with E-state index in [0.717, 1.165) is 41.1 Å². The molecule has 4 aliphatic carbocycles. The SMILES string of the molecule is CC(Nc1ccc(N)cn1)C1C2CC3CC(C2)CC1C3. The van der Waals surface area contributed by atoms with Crippen molar-refractivity contribution in [2.75, 3.05) is 11.1 Å². The predicted octanol–water partition coefficient (Wildman–Crippen LogP) is 3.54. The largest absolute Gasteiger partial charge is 0.397 e. The van der Waals surface area contributed by atoms with E-state index in [1.165, 1.54) is 32.1 Å². The maximum atomic E-state index is 5.70. The van der Waals surface area contributed by atoms with Crippen molar-refractivity contribution in [2.45, 2.75) is 45.1 Å². The molecule has 3 N–H and O–H groups in total. The first kappa shape index (κ1) is 12.5. The molecule has 1 atom stereocenters. The smallest absolute Gasteiger partial charge is 0.126 e. The molecule has 4 fully saturated rings. The Morgan fingerprint density at radius 2 is 1.75 bits per heavy atom. The molecule has 5 rings (SSSR count). The summed E-state index contributed by atoms with van der Waals surface area (Å²) in [6.45, 7) is 2.35. The molecule has 3 heteroatoms. The highest BCUT2D eigenvalue weighted by atomic mass is 15.0. The van der Waals surface area contributed by atoms with Crippen molar-refractivity contribution in [1.29, 1.82) is 0 Å². The zero-order valence-electron chi connectivity index (χ0n) is 12.3. The van der Waals surface area contributed by atoms with E-state index >= 15 is 0 Å². The van der Waals surface area contributed by atoms with Crippen molar-refractivity contribution in [3.05, 3.63) is 18.3 Å². The van der Waals surface area contributed by atoms with Gasteiger partial charge >= 0.3 is 0 Å². The molecule has 108 valence electrons. The molecule has 4 saturated carbocycles. The average Bonchev–Trinajstić information content (AvgIpc) is 2.40. The molecule has 4 aliphatic rings.